The zero-order valence-corrected chi connectivity index (χ0v) is 22.8. The molecule has 41 heavy (non-hydrogen) atoms. The fraction of sp³-hybridized carbons (Fsp3) is 0.111. The Morgan fingerprint density at radius 1 is 0.805 bits per heavy atom. The van der Waals surface area contributed by atoms with Crippen molar-refractivity contribution in [2.75, 3.05) is 7.11 Å². The van der Waals surface area contributed by atoms with Crippen molar-refractivity contribution in [3.05, 3.63) is 155 Å². The topological polar surface area (TPSA) is 57.3 Å². The predicted molar refractivity (Wildman–Crippen MR) is 162 cm³/mol. The summed E-state index contributed by atoms with van der Waals surface area (Å²) in [5.41, 5.74) is 4.85. The van der Waals surface area contributed by atoms with Crippen molar-refractivity contribution >= 4 is 17.1 Å². The van der Waals surface area contributed by atoms with Gasteiger partial charge in [0.25, 0.3) is 0 Å². The van der Waals surface area contributed by atoms with Crippen LogP contribution in [0.1, 0.15) is 28.2 Å². The summed E-state index contributed by atoms with van der Waals surface area (Å²) >= 11 is 0. The van der Waals surface area contributed by atoms with Gasteiger partial charge in [0.1, 0.15) is 36.2 Å². The second-order valence-electron chi connectivity index (χ2n) is 10.0. The number of allylic oxidation sites excluding steroid dienone is 1. The number of benzene rings is 5. The van der Waals surface area contributed by atoms with Gasteiger partial charge in [0.2, 0.25) is 6.34 Å². The zero-order chi connectivity index (χ0) is 28.0. The average Bonchev–Trinajstić information content (AvgIpc) is 3.04. The lowest BCUT2D eigenvalue weighted by Gasteiger charge is -2.27. The van der Waals surface area contributed by atoms with Gasteiger partial charge in [-0.15, -0.1) is 0 Å². The highest BCUT2D eigenvalue weighted by Crippen LogP contribution is 2.45. The molecule has 0 spiro atoms. The van der Waals surface area contributed by atoms with Crippen LogP contribution in [0.25, 0.3) is 10.8 Å². The van der Waals surface area contributed by atoms with E-state index in [1.165, 1.54) is 11.1 Å². The Kier molecular flexibility index (Phi) is 7.46. The molecule has 0 bridgehead atoms. The number of hydrogen-bond donors (Lipinski definition) is 1. The minimum atomic E-state index is -0.299. The summed E-state index contributed by atoms with van der Waals surface area (Å²) < 4.78 is 14.1. The molecule has 0 aliphatic carbocycles. The lowest BCUT2D eigenvalue weighted by Crippen LogP contribution is -2.29. The Morgan fingerprint density at radius 2 is 1.44 bits per heavy atom. The molecular weight excluding hydrogens is 506 g/mol. The zero-order valence-electron chi connectivity index (χ0n) is 22.8. The normalized spacial score (nSPS) is 14.0. The summed E-state index contributed by atoms with van der Waals surface area (Å²) in [5.74, 6) is 1.66. The summed E-state index contributed by atoms with van der Waals surface area (Å²) in [6.07, 6.45) is 1.92. The predicted octanol–water partition coefficient (Wildman–Crippen LogP) is 7.14. The summed E-state index contributed by atoms with van der Waals surface area (Å²) in [7, 11) is 1.65. The molecule has 200 valence electrons. The molecule has 0 aromatic heterocycles. The van der Waals surface area contributed by atoms with Crippen LogP contribution in [0.5, 0.6) is 11.5 Å². The van der Waals surface area contributed by atoms with E-state index >= 15 is 0 Å². The molecule has 5 heteroatoms. The average molecular weight is 537 g/mol. The number of ether oxygens (including phenoxy) is 2. The van der Waals surface area contributed by atoms with Crippen LogP contribution in [-0.2, 0) is 13.1 Å². The quantitative estimate of drug-likeness (QED) is 0.130. The minimum Gasteiger partial charge on any atom is -0.497 e. The molecule has 1 heterocycles. The molecule has 1 aliphatic heterocycles. The molecule has 1 aliphatic rings. The van der Waals surface area contributed by atoms with E-state index in [1.54, 1.807) is 7.11 Å². The summed E-state index contributed by atoms with van der Waals surface area (Å²) in [5, 5.41) is 16.0. The van der Waals surface area contributed by atoms with Crippen LogP contribution in [0.2, 0.25) is 0 Å². The second kappa shape index (κ2) is 11.8. The molecule has 0 radical (unpaired) electrons. The van der Waals surface area contributed by atoms with Gasteiger partial charge in [-0.1, -0.05) is 109 Å². The fourth-order valence-corrected chi connectivity index (χ4v) is 5.34. The number of nitriles is 1. The number of methoxy groups -OCH3 is 1. The SMILES string of the molecule is COc1ccc([C@@H]2C(C#N)=C(NC=[N+](Cc3ccccc3)Cc3ccccc3)Oc3c2ccc2ccccc32)cc1. The maximum absolute atomic E-state index is 10.5. The van der Waals surface area contributed by atoms with Crippen LogP contribution in [0.15, 0.2) is 133 Å². The minimum absolute atomic E-state index is 0.299. The maximum atomic E-state index is 10.5. The van der Waals surface area contributed by atoms with Gasteiger partial charge in [0.05, 0.1) is 13.0 Å². The monoisotopic (exact) mass is 536 g/mol. The Hall–Kier alpha value is -5.34. The second-order valence-corrected chi connectivity index (χ2v) is 10.0. The third kappa shape index (κ3) is 5.54. The van der Waals surface area contributed by atoms with E-state index in [4.69, 9.17) is 9.47 Å². The van der Waals surface area contributed by atoms with Crippen LogP contribution in [0.3, 0.4) is 0 Å². The molecule has 0 fully saturated rings. The van der Waals surface area contributed by atoms with Gasteiger partial charge in [-0.2, -0.15) is 5.26 Å². The number of hydrogen-bond acceptors (Lipinski definition) is 3. The fourth-order valence-electron chi connectivity index (χ4n) is 5.34. The van der Waals surface area contributed by atoms with Crippen LogP contribution < -0.4 is 14.8 Å². The van der Waals surface area contributed by atoms with Gasteiger partial charge in [-0.3, -0.25) is 4.58 Å². The first-order valence-corrected chi connectivity index (χ1v) is 13.6. The van der Waals surface area contributed by atoms with Gasteiger partial charge in [-0.05, 0) is 34.2 Å². The van der Waals surface area contributed by atoms with E-state index < -0.39 is 0 Å². The Balaban J connectivity index is 1.44. The highest BCUT2D eigenvalue weighted by Gasteiger charge is 2.34. The molecule has 0 amide bonds. The third-order valence-electron chi connectivity index (χ3n) is 7.36. The van der Waals surface area contributed by atoms with E-state index in [0.717, 1.165) is 33.4 Å². The first kappa shape index (κ1) is 25.9. The Bertz CT molecular complexity index is 1730. The van der Waals surface area contributed by atoms with Crippen molar-refractivity contribution in [3.63, 3.8) is 0 Å². The molecule has 1 atom stereocenters. The van der Waals surface area contributed by atoms with Crippen LogP contribution >= 0.6 is 0 Å². The van der Waals surface area contributed by atoms with E-state index in [0.29, 0.717) is 24.5 Å². The smallest absolute Gasteiger partial charge is 0.302 e. The summed E-state index contributed by atoms with van der Waals surface area (Å²) in [6.45, 7) is 1.39. The van der Waals surface area contributed by atoms with Gasteiger partial charge < -0.3 is 9.47 Å². The van der Waals surface area contributed by atoms with E-state index in [2.05, 4.69) is 64.5 Å². The largest absolute Gasteiger partial charge is 0.497 e. The van der Waals surface area contributed by atoms with Gasteiger partial charge >= 0.3 is 5.88 Å². The Labute approximate surface area is 240 Å². The third-order valence-corrected chi connectivity index (χ3v) is 7.36. The van der Waals surface area contributed by atoms with Crippen molar-refractivity contribution < 1.29 is 14.0 Å². The molecule has 0 saturated carbocycles. The molecule has 5 aromatic carbocycles. The molecule has 5 nitrogen and oxygen atoms in total. The van der Waals surface area contributed by atoms with Crippen LogP contribution in [0, 0.1) is 11.3 Å². The highest BCUT2D eigenvalue weighted by atomic mass is 16.5. The van der Waals surface area contributed by atoms with Crippen molar-refractivity contribution in [2.24, 2.45) is 0 Å². The number of nitrogens with one attached hydrogen (secondary N) is 1. The van der Waals surface area contributed by atoms with E-state index in [9.17, 15) is 5.26 Å². The number of nitrogens with zero attached hydrogens (tertiary/aromatic N) is 2. The maximum Gasteiger partial charge on any atom is 0.302 e. The van der Waals surface area contributed by atoms with Gasteiger partial charge in [-0.25, -0.2) is 5.32 Å². The van der Waals surface area contributed by atoms with Crippen molar-refractivity contribution in [1.82, 2.24) is 5.32 Å². The van der Waals surface area contributed by atoms with E-state index in [-0.39, 0.29) is 5.92 Å². The molecule has 5 aromatic rings. The van der Waals surface area contributed by atoms with Crippen molar-refractivity contribution in [2.45, 2.75) is 19.0 Å². The molecule has 6 rings (SSSR count). The number of rotatable bonds is 8. The van der Waals surface area contributed by atoms with E-state index in [1.807, 2.05) is 79.1 Å². The first-order chi connectivity index (χ1) is 20.2. The lowest BCUT2D eigenvalue weighted by molar-refractivity contribution is -0.557. The van der Waals surface area contributed by atoms with Crippen LogP contribution in [0.4, 0.5) is 0 Å². The first-order valence-electron chi connectivity index (χ1n) is 13.6. The highest BCUT2D eigenvalue weighted by molar-refractivity contribution is 5.91. The molecule has 0 unspecified atom stereocenters. The van der Waals surface area contributed by atoms with Crippen molar-refractivity contribution in [1.29, 1.82) is 5.26 Å². The standard InChI is InChI=1S/C36H29N3O2/c1-40-30-19-16-29(17-20-30)34-32-21-18-28-14-8-9-15-31(28)35(32)41-36(33(34)22-37)38-25-39(23-26-10-4-2-5-11-26)24-27-12-6-3-7-13-27/h2-21,25,34H,23-24H2,1H3/p+1/t34-/m0/s1. The van der Waals surface area contributed by atoms with Gasteiger partial charge in [0.15, 0.2) is 0 Å². The number of fused-ring (bicyclic) bond motifs is 3. The molecule has 1 N–H and O–H groups in total. The summed E-state index contributed by atoms with van der Waals surface area (Å²) in [6, 6.07) is 43.4. The molecule has 0 saturated heterocycles. The van der Waals surface area contributed by atoms with Crippen LogP contribution in [-0.4, -0.2) is 18.0 Å². The van der Waals surface area contributed by atoms with Crippen molar-refractivity contribution in [3.8, 4) is 17.6 Å². The van der Waals surface area contributed by atoms with Gasteiger partial charge in [0, 0.05) is 10.9 Å². The lowest BCUT2D eigenvalue weighted by atomic mass is 9.82. The Morgan fingerprint density at radius 3 is 2.07 bits per heavy atom. The summed E-state index contributed by atoms with van der Waals surface area (Å²) in [4.78, 5) is 0. The molecular formula is C36H30N3O2+.